The normalized spacial score (nSPS) is 16.5. The van der Waals surface area contributed by atoms with Crippen LogP contribution in [0.3, 0.4) is 0 Å². The third-order valence-electron chi connectivity index (χ3n) is 3.18. The van der Waals surface area contributed by atoms with Crippen molar-refractivity contribution in [1.82, 2.24) is 0 Å². The summed E-state index contributed by atoms with van der Waals surface area (Å²) in [6.07, 6.45) is 6.01. The lowest BCUT2D eigenvalue weighted by Crippen LogP contribution is -2.11. The highest BCUT2D eigenvalue weighted by Gasteiger charge is 2.23. The molecule has 1 aromatic rings. The lowest BCUT2D eigenvalue weighted by Gasteiger charge is -2.21. The molecular formula is C12H17N3O2S. The van der Waals surface area contributed by atoms with Gasteiger partial charge in [0.25, 0.3) is 0 Å². The number of para-hydroxylation sites is 1. The Hall–Kier alpha value is -1.27. The van der Waals surface area contributed by atoms with E-state index in [4.69, 9.17) is 5.84 Å². The Labute approximate surface area is 110 Å². The van der Waals surface area contributed by atoms with Crippen LogP contribution in [0.25, 0.3) is 0 Å². The summed E-state index contributed by atoms with van der Waals surface area (Å²) in [5.41, 5.74) is 2.87. The van der Waals surface area contributed by atoms with Gasteiger partial charge >= 0.3 is 5.69 Å². The van der Waals surface area contributed by atoms with Crippen LogP contribution in [0.2, 0.25) is 0 Å². The van der Waals surface area contributed by atoms with E-state index < -0.39 is 0 Å². The van der Waals surface area contributed by atoms with Crippen molar-refractivity contribution in [3.8, 4) is 0 Å². The number of nitro groups is 1. The molecule has 6 heteroatoms. The largest absolute Gasteiger partial charge is 0.318 e. The van der Waals surface area contributed by atoms with E-state index in [9.17, 15) is 10.1 Å². The van der Waals surface area contributed by atoms with Crippen LogP contribution in [-0.2, 0) is 0 Å². The molecule has 1 aromatic carbocycles. The summed E-state index contributed by atoms with van der Waals surface area (Å²) in [4.78, 5) is 11.5. The van der Waals surface area contributed by atoms with E-state index in [2.05, 4.69) is 5.43 Å². The SMILES string of the molecule is NNc1cccc(SC2CCCCC2)c1[N+](=O)[O-]. The number of nitro benzene ring substituents is 1. The van der Waals surface area contributed by atoms with E-state index in [1.165, 1.54) is 19.3 Å². The number of nitrogens with one attached hydrogen (secondary N) is 1. The number of rotatable bonds is 4. The maximum atomic E-state index is 11.1. The number of thioether (sulfide) groups is 1. The standard InChI is InChI=1S/C12H17N3O2S/c13-14-10-7-4-8-11(12(10)15(16)17)18-9-5-2-1-3-6-9/h4,7-9,14H,1-3,5-6,13H2. The Bertz CT molecular complexity index is 433. The zero-order valence-corrected chi connectivity index (χ0v) is 10.9. The summed E-state index contributed by atoms with van der Waals surface area (Å²) in [5, 5.41) is 11.6. The molecule has 2 rings (SSSR count). The Morgan fingerprint density at radius 2 is 2.06 bits per heavy atom. The molecule has 1 saturated carbocycles. The Kier molecular flexibility index (Phi) is 4.43. The van der Waals surface area contributed by atoms with Crippen LogP contribution in [0, 0.1) is 10.1 Å². The van der Waals surface area contributed by atoms with E-state index >= 15 is 0 Å². The summed E-state index contributed by atoms with van der Waals surface area (Å²) in [7, 11) is 0. The second-order valence-corrected chi connectivity index (χ2v) is 5.77. The van der Waals surface area contributed by atoms with Gasteiger partial charge in [0.05, 0.1) is 9.82 Å². The topological polar surface area (TPSA) is 81.2 Å². The smallest absolute Gasteiger partial charge is 0.307 e. The quantitative estimate of drug-likeness (QED) is 0.497. The van der Waals surface area contributed by atoms with Crippen LogP contribution < -0.4 is 11.3 Å². The zero-order valence-electron chi connectivity index (χ0n) is 10.1. The third-order valence-corrected chi connectivity index (χ3v) is 4.57. The van der Waals surface area contributed by atoms with Crippen molar-refractivity contribution >= 4 is 23.1 Å². The molecule has 0 amide bonds. The monoisotopic (exact) mass is 267 g/mol. The number of hydrazine groups is 1. The predicted molar refractivity (Wildman–Crippen MR) is 73.6 cm³/mol. The van der Waals surface area contributed by atoms with Crippen LogP contribution >= 0.6 is 11.8 Å². The fourth-order valence-electron chi connectivity index (χ4n) is 2.28. The highest BCUT2D eigenvalue weighted by Crippen LogP contribution is 2.40. The molecule has 1 aliphatic carbocycles. The molecule has 0 heterocycles. The van der Waals surface area contributed by atoms with E-state index in [1.807, 2.05) is 0 Å². The number of nitrogens with two attached hydrogens (primary N) is 1. The van der Waals surface area contributed by atoms with Crippen LogP contribution in [0.1, 0.15) is 32.1 Å². The van der Waals surface area contributed by atoms with Crippen molar-refractivity contribution in [1.29, 1.82) is 0 Å². The van der Waals surface area contributed by atoms with Gasteiger partial charge in [-0.2, -0.15) is 0 Å². The van der Waals surface area contributed by atoms with Gasteiger partial charge < -0.3 is 5.43 Å². The first kappa shape index (κ1) is 13.2. The number of benzene rings is 1. The van der Waals surface area contributed by atoms with Crippen molar-refractivity contribution in [2.45, 2.75) is 42.2 Å². The third kappa shape index (κ3) is 2.94. The highest BCUT2D eigenvalue weighted by molar-refractivity contribution is 8.00. The molecular weight excluding hydrogens is 250 g/mol. The van der Waals surface area contributed by atoms with Crippen LogP contribution in [0.15, 0.2) is 23.1 Å². The molecule has 0 radical (unpaired) electrons. The van der Waals surface area contributed by atoms with Gasteiger partial charge in [0.15, 0.2) is 0 Å². The van der Waals surface area contributed by atoms with Gasteiger partial charge in [-0.25, -0.2) is 0 Å². The number of nitrogens with zero attached hydrogens (tertiary/aromatic N) is 1. The first-order valence-electron chi connectivity index (χ1n) is 6.13. The fourth-order valence-corrected chi connectivity index (χ4v) is 3.67. The van der Waals surface area contributed by atoms with E-state index in [-0.39, 0.29) is 10.6 Å². The minimum Gasteiger partial charge on any atom is -0.318 e. The number of hydrogen-bond acceptors (Lipinski definition) is 5. The van der Waals surface area contributed by atoms with Crippen LogP contribution in [-0.4, -0.2) is 10.2 Å². The first-order valence-corrected chi connectivity index (χ1v) is 7.01. The first-order chi connectivity index (χ1) is 8.72. The molecule has 98 valence electrons. The number of hydrogen-bond donors (Lipinski definition) is 2. The molecule has 0 saturated heterocycles. The Morgan fingerprint density at radius 3 is 2.67 bits per heavy atom. The minimum absolute atomic E-state index is 0.0931. The van der Waals surface area contributed by atoms with Gasteiger partial charge in [-0.1, -0.05) is 25.3 Å². The van der Waals surface area contributed by atoms with Crippen molar-refractivity contribution < 1.29 is 4.92 Å². The lowest BCUT2D eigenvalue weighted by atomic mass is 10.0. The molecule has 1 aliphatic rings. The molecule has 0 atom stereocenters. The molecule has 3 N–H and O–H groups in total. The molecule has 5 nitrogen and oxygen atoms in total. The van der Waals surface area contributed by atoms with Crippen LogP contribution in [0.4, 0.5) is 11.4 Å². The van der Waals surface area contributed by atoms with E-state index in [1.54, 1.807) is 30.0 Å². The van der Waals surface area contributed by atoms with Gasteiger partial charge in [0.1, 0.15) is 5.69 Å². The summed E-state index contributed by atoms with van der Waals surface area (Å²) < 4.78 is 0. The van der Waals surface area contributed by atoms with Crippen molar-refractivity contribution in [2.75, 3.05) is 5.43 Å². The van der Waals surface area contributed by atoms with Gasteiger partial charge in [-0.05, 0) is 25.0 Å². The number of anilines is 1. The molecule has 0 aliphatic heterocycles. The molecule has 0 aromatic heterocycles. The van der Waals surface area contributed by atoms with Crippen LogP contribution in [0.5, 0.6) is 0 Å². The zero-order chi connectivity index (χ0) is 13.0. The minimum atomic E-state index is -0.361. The Balaban J connectivity index is 2.23. The summed E-state index contributed by atoms with van der Waals surface area (Å²) in [5.74, 6) is 5.33. The lowest BCUT2D eigenvalue weighted by molar-refractivity contribution is -0.386. The highest BCUT2D eigenvalue weighted by atomic mass is 32.2. The second-order valence-electron chi connectivity index (χ2n) is 4.43. The average Bonchev–Trinajstić information content (AvgIpc) is 2.39. The molecule has 1 fully saturated rings. The van der Waals surface area contributed by atoms with Gasteiger partial charge in [0.2, 0.25) is 0 Å². The van der Waals surface area contributed by atoms with Gasteiger partial charge in [0, 0.05) is 5.25 Å². The molecule has 0 spiro atoms. The average molecular weight is 267 g/mol. The van der Waals surface area contributed by atoms with E-state index in [0.29, 0.717) is 15.8 Å². The summed E-state index contributed by atoms with van der Waals surface area (Å²) >= 11 is 1.61. The maximum Gasteiger partial charge on any atom is 0.307 e. The predicted octanol–water partition coefficient (Wildman–Crippen LogP) is 3.31. The molecule has 18 heavy (non-hydrogen) atoms. The number of nitrogen functional groups attached to an aromatic ring is 1. The van der Waals surface area contributed by atoms with E-state index in [0.717, 1.165) is 12.8 Å². The fraction of sp³-hybridized carbons (Fsp3) is 0.500. The Morgan fingerprint density at radius 1 is 1.33 bits per heavy atom. The van der Waals surface area contributed by atoms with Crippen molar-refractivity contribution in [2.24, 2.45) is 5.84 Å². The molecule has 0 unspecified atom stereocenters. The summed E-state index contributed by atoms with van der Waals surface area (Å²) in [6, 6.07) is 5.23. The molecule has 0 bridgehead atoms. The maximum absolute atomic E-state index is 11.1. The van der Waals surface area contributed by atoms with Gasteiger partial charge in [-0.3, -0.25) is 16.0 Å². The van der Waals surface area contributed by atoms with Crippen molar-refractivity contribution in [3.63, 3.8) is 0 Å². The van der Waals surface area contributed by atoms with Crippen molar-refractivity contribution in [3.05, 3.63) is 28.3 Å². The summed E-state index contributed by atoms with van der Waals surface area (Å²) in [6.45, 7) is 0. The van der Waals surface area contributed by atoms with Gasteiger partial charge in [-0.15, -0.1) is 11.8 Å². The second kappa shape index (κ2) is 6.06.